The first-order valence-electron chi connectivity index (χ1n) is 5.63. The number of hydrogen-bond acceptors (Lipinski definition) is 1. The molecule has 2 aromatic rings. The van der Waals surface area contributed by atoms with Crippen molar-refractivity contribution >= 4 is 0 Å². The maximum Gasteiger partial charge on any atom is 0.00465 e. The molecule has 0 aliphatic heterocycles. The summed E-state index contributed by atoms with van der Waals surface area (Å²) in [5.74, 6) is 0. The Hall–Kier alpha value is -1.47. The van der Waals surface area contributed by atoms with Gasteiger partial charge in [0.05, 0.1) is 0 Å². The number of nitrogens with zero attached hydrogens (tertiary/aromatic N) is 1. The fourth-order valence-corrected chi connectivity index (χ4v) is 2.11. The Balaban J connectivity index is 2.37. The molecule has 2 aromatic carbocycles. The minimum atomic E-state index is 0.357. The first-order valence-corrected chi connectivity index (χ1v) is 5.63. The average molecular weight is 212 g/mol. The second-order valence-corrected chi connectivity index (χ2v) is 4.50. The topological polar surface area (TPSA) is 3.24 Å². The summed E-state index contributed by atoms with van der Waals surface area (Å²) in [6.07, 6.45) is 0. The predicted octanol–water partition coefficient (Wildman–Crippen LogP) is 3.36. The van der Waals surface area contributed by atoms with Gasteiger partial charge in [0.1, 0.15) is 0 Å². The lowest BCUT2D eigenvalue weighted by Gasteiger charge is -2.29. The number of rotatable bonds is 3. The van der Waals surface area contributed by atoms with Crippen LogP contribution >= 0.6 is 0 Å². The zero-order chi connectivity index (χ0) is 11.5. The minimum Gasteiger partial charge on any atom is -0.310 e. The van der Waals surface area contributed by atoms with E-state index in [9.17, 15) is 0 Å². The highest BCUT2D eigenvalue weighted by molar-refractivity contribution is 5.33. The molecule has 0 spiro atoms. The van der Waals surface area contributed by atoms with Crippen LogP contribution in [0.3, 0.4) is 0 Å². The molecule has 1 unspecified atom stereocenters. The van der Waals surface area contributed by atoms with Crippen molar-refractivity contribution in [2.24, 2.45) is 0 Å². The van der Waals surface area contributed by atoms with Crippen molar-refractivity contribution < 1.29 is 0 Å². The first-order chi connectivity index (χ1) is 7.68. The van der Waals surface area contributed by atoms with Gasteiger partial charge in [-0.1, -0.05) is 29.8 Å². The van der Waals surface area contributed by atoms with E-state index in [1.165, 1.54) is 16.7 Å². The van der Waals surface area contributed by atoms with Crippen molar-refractivity contribution in [2.45, 2.75) is 13.0 Å². The van der Waals surface area contributed by atoms with E-state index in [2.05, 4.69) is 74.4 Å². The van der Waals surface area contributed by atoms with Crippen LogP contribution in [0.5, 0.6) is 0 Å². The Morgan fingerprint density at radius 1 is 1.00 bits per heavy atom. The maximum atomic E-state index is 2.25. The number of benzene rings is 1. The van der Waals surface area contributed by atoms with Gasteiger partial charge >= 0.3 is 0 Å². The van der Waals surface area contributed by atoms with E-state index in [4.69, 9.17) is 0 Å². The monoisotopic (exact) mass is 212 g/mol. The molecule has 0 heterocycles. The largest absolute Gasteiger partial charge is 0.310 e. The molecule has 1 heteroatoms. The van der Waals surface area contributed by atoms with Gasteiger partial charge in [0, 0.05) is 6.04 Å². The standard InChI is InChI=1S/C15H18N/c1-12-8-10-14(11-9-12)15(16(2)3)13-6-4-5-7-13/h4-11,15H,1-3H3/q-1. The Morgan fingerprint density at radius 2 is 1.69 bits per heavy atom. The van der Waals surface area contributed by atoms with Crippen LogP contribution < -0.4 is 0 Å². The second-order valence-electron chi connectivity index (χ2n) is 4.50. The Bertz CT molecular complexity index is 423. The molecule has 2 rings (SSSR count). The number of hydrogen-bond donors (Lipinski definition) is 0. The number of aryl methyl sites for hydroxylation is 1. The van der Waals surface area contributed by atoms with Crippen LogP contribution in [-0.2, 0) is 0 Å². The third kappa shape index (κ3) is 2.20. The van der Waals surface area contributed by atoms with Crippen molar-refractivity contribution in [3.8, 4) is 0 Å². The van der Waals surface area contributed by atoms with Gasteiger partial charge in [-0.2, -0.15) is 23.8 Å². The van der Waals surface area contributed by atoms with Gasteiger partial charge in [0.2, 0.25) is 0 Å². The van der Waals surface area contributed by atoms with E-state index >= 15 is 0 Å². The van der Waals surface area contributed by atoms with E-state index in [1.807, 2.05) is 0 Å². The normalized spacial score (nSPS) is 13.0. The molecule has 16 heavy (non-hydrogen) atoms. The average Bonchev–Trinajstić information content (AvgIpc) is 2.74. The lowest BCUT2D eigenvalue weighted by Crippen LogP contribution is -2.20. The summed E-state index contributed by atoms with van der Waals surface area (Å²) in [5.41, 5.74) is 4.01. The SMILES string of the molecule is Cc1ccc(C(c2cc[cH-]c2)N(C)C)cc1. The third-order valence-corrected chi connectivity index (χ3v) is 2.91. The van der Waals surface area contributed by atoms with Gasteiger partial charge in [-0.05, 0) is 26.6 Å². The fraction of sp³-hybridized carbons (Fsp3) is 0.267. The maximum absolute atomic E-state index is 2.25. The molecule has 0 aliphatic carbocycles. The lowest BCUT2D eigenvalue weighted by molar-refractivity contribution is 0.343. The molecule has 0 saturated heterocycles. The van der Waals surface area contributed by atoms with E-state index in [0.717, 1.165) is 0 Å². The zero-order valence-corrected chi connectivity index (χ0v) is 10.1. The summed E-state index contributed by atoms with van der Waals surface area (Å²) >= 11 is 0. The van der Waals surface area contributed by atoms with Crippen LogP contribution in [0.1, 0.15) is 22.7 Å². The van der Waals surface area contributed by atoms with Crippen LogP contribution in [0.25, 0.3) is 0 Å². The summed E-state index contributed by atoms with van der Waals surface area (Å²) in [4.78, 5) is 2.25. The quantitative estimate of drug-likeness (QED) is 0.705. The highest BCUT2D eigenvalue weighted by Crippen LogP contribution is 2.26. The van der Waals surface area contributed by atoms with Crippen molar-refractivity contribution in [2.75, 3.05) is 14.1 Å². The smallest absolute Gasteiger partial charge is 0.00465 e. The summed E-state index contributed by atoms with van der Waals surface area (Å²) in [7, 11) is 4.25. The molecule has 0 radical (unpaired) electrons. The van der Waals surface area contributed by atoms with Crippen LogP contribution in [0.2, 0.25) is 0 Å². The molecule has 0 bridgehead atoms. The summed E-state index contributed by atoms with van der Waals surface area (Å²) in [5, 5.41) is 0. The minimum absolute atomic E-state index is 0.357. The van der Waals surface area contributed by atoms with Crippen LogP contribution in [0, 0.1) is 6.92 Å². The van der Waals surface area contributed by atoms with E-state index < -0.39 is 0 Å². The van der Waals surface area contributed by atoms with Crippen LogP contribution in [-0.4, -0.2) is 19.0 Å². The summed E-state index contributed by atoms with van der Waals surface area (Å²) in [6.45, 7) is 2.12. The van der Waals surface area contributed by atoms with Crippen molar-refractivity contribution in [3.05, 3.63) is 65.2 Å². The molecule has 0 saturated carbocycles. The molecule has 0 fully saturated rings. The Kier molecular flexibility index (Phi) is 3.16. The molecule has 0 N–H and O–H groups in total. The second kappa shape index (κ2) is 4.58. The van der Waals surface area contributed by atoms with Gasteiger partial charge in [-0.15, -0.1) is 0 Å². The van der Waals surface area contributed by atoms with Crippen molar-refractivity contribution in [1.82, 2.24) is 4.90 Å². The van der Waals surface area contributed by atoms with E-state index in [-0.39, 0.29) is 0 Å². The molecular formula is C15H18N-. The van der Waals surface area contributed by atoms with Crippen LogP contribution in [0.4, 0.5) is 0 Å². The molecule has 0 aromatic heterocycles. The summed E-state index contributed by atoms with van der Waals surface area (Å²) in [6, 6.07) is 17.7. The summed E-state index contributed by atoms with van der Waals surface area (Å²) < 4.78 is 0. The predicted molar refractivity (Wildman–Crippen MR) is 68.7 cm³/mol. The van der Waals surface area contributed by atoms with Crippen molar-refractivity contribution in [1.29, 1.82) is 0 Å². The lowest BCUT2D eigenvalue weighted by atomic mass is 9.99. The third-order valence-electron chi connectivity index (χ3n) is 2.91. The molecular weight excluding hydrogens is 194 g/mol. The van der Waals surface area contributed by atoms with Crippen LogP contribution in [0.15, 0.2) is 48.5 Å². The Morgan fingerprint density at radius 3 is 2.19 bits per heavy atom. The van der Waals surface area contributed by atoms with Gasteiger partial charge in [-0.3, -0.25) is 0 Å². The fourth-order valence-electron chi connectivity index (χ4n) is 2.11. The van der Waals surface area contributed by atoms with Crippen molar-refractivity contribution in [3.63, 3.8) is 0 Å². The molecule has 0 aliphatic rings. The zero-order valence-electron chi connectivity index (χ0n) is 10.1. The molecule has 84 valence electrons. The highest BCUT2D eigenvalue weighted by atomic mass is 15.1. The van der Waals surface area contributed by atoms with Gasteiger partial charge in [0.25, 0.3) is 0 Å². The first kappa shape index (κ1) is 11.0. The molecule has 0 amide bonds. The van der Waals surface area contributed by atoms with E-state index in [0.29, 0.717) is 6.04 Å². The van der Waals surface area contributed by atoms with Gasteiger partial charge in [0.15, 0.2) is 0 Å². The van der Waals surface area contributed by atoms with E-state index in [1.54, 1.807) is 0 Å². The molecule has 1 atom stereocenters. The van der Waals surface area contributed by atoms with Gasteiger partial charge < -0.3 is 4.90 Å². The Labute approximate surface area is 97.7 Å². The highest BCUT2D eigenvalue weighted by Gasteiger charge is 2.10. The molecule has 1 nitrogen and oxygen atoms in total. The van der Waals surface area contributed by atoms with Gasteiger partial charge in [-0.25, -0.2) is 6.07 Å².